The summed E-state index contributed by atoms with van der Waals surface area (Å²) in [6.07, 6.45) is 0. The monoisotopic (exact) mass is 329 g/mol. The fraction of sp³-hybridized carbons (Fsp3) is 0.222. The molecular formula is C18H19NO3S. The molecule has 1 aromatic heterocycles. The molecule has 3 rings (SSSR count). The lowest BCUT2D eigenvalue weighted by Crippen LogP contribution is -2.08. The minimum absolute atomic E-state index is 0.0143. The van der Waals surface area contributed by atoms with Crippen LogP contribution in [0, 0.1) is 13.8 Å². The molecule has 4 nitrogen and oxygen atoms in total. The van der Waals surface area contributed by atoms with E-state index < -0.39 is 10.1 Å². The normalized spacial score (nSPS) is 12.0. The molecule has 0 aliphatic heterocycles. The van der Waals surface area contributed by atoms with Crippen molar-refractivity contribution in [3.63, 3.8) is 0 Å². The van der Waals surface area contributed by atoms with Crippen LogP contribution in [0.5, 0.6) is 0 Å². The van der Waals surface area contributed by atoms with Crippen molar-refractivity contribution < 1.29 is 12.6 Å². The molecule has 120 valence electrons. The maximum Gasteiger partial charge on any atom is 0.297 e. The Kier molecular flexibility index (Phi) is 4.00. The number of rotatable bonds is 4. The lowest BCUT2D eigenvalue weighted by Gasteiger charge is -2.07. The van der Waals surface area contributed by atoms with Crippen molar-refractivity contribution in [1.29, 1.82) is 0 Å². The van der Waals surface area contributed by atoms with Crippen LogP contribution in [-0.2, 0) is 28.0 Å². The van der Waals surface area contributed by atoms with Gasteiger partial charge in [0.1, 0.15) is 6.61 Å². The number of nitrogens with zero attached hydrogens (tertiary/aromatic N) is 1. The van der Waals surface area contributed by atoms with Gasteiger partial charge in [0.2, 0.25) is 0 Å². The van der Waals surface area contributed by atoms with E-state index in [9.17, 15) is 8.42 Å². The molecule has 0 aliphatic carbocycles. The summed E-state index contributed by atoms with van der Waals surface area (Å²) in [6.45, 7) is 3.96. The fourth-order valence-corrected chi connectivity index (χ4v) is 3.46. The molecule has 0 unspecified atom stereocenters. The third-order valence-electron chi connectivity index (χ3n) is 3.97. The summed E-state index contributed by atoms with van der Waals surface area (Å²) in [7, 11) is -1.84. The Morgan fingerprint density at radius 2 is 1.61 bits per heavy atom. The number of hydrogen-bond donors (Lipinski definition) is 0. The Morgan fingerprint density at radius 1 is 0.957 bits per heavy atom. The smallest absolute Gasteiger partial charge is 0.297 e. The molecule has 0 saturated heterocycles. The Morgan fingerprint density at radius 3 is 2.30 bits per heavy atom. The highest BCUT2D eigenvalue weighted by molar-refractivity contribution is 7.86. The van der Waals surface area contributed by atoms with E-state index in [0.29, 0.717) is 0 Å². The zero-order chi connectivity index (χ0) is 16.6. The largest absolute Gasteiger partial charge is 0.346 e. The molecule has 0 spiro atoms. The summed E-state index contributed by atoms with van der Waals surface area (Å²) in [6, 6.07) is 14.8. The molecule has 0 amide bonds. The molecule has 1 heterocycles. The van der Waals surface area contributed by atoms with Crippen LogP contribution in [0.1, 0.15) is 16.8 Å². The van der Waals surface area contributed by atoms with E-state index >= 15 is 0 Å². The second-order valence-electron chi connectivity index (χ2n) is 5.79. The van der Waals surface area contributed by atoms with Crippen LogP contribution >= 0.6 is 0 Å². The summed E-state index contributed by atoms with van der Waals surface area (Å²) in [5.41, 5.74) is 4.05. The second kappa shape index (κ2) is 5.83. The minimum Gasteiger partial charge on any atom is -0.346 e. The number of aromatic nitrogens is 1. The molecule has 0 bridgehead atoms. The Bertz CT molecular complexity index is 954. The van der Waals surface area contributed by atoms with Crippen LogP contribution in [-0.4, -0.2) is 13.0 Å². The zero-order valence-electron chi connectivity index (χ0n) is 13.4. The molecular weight excluding hydrogens is 310 g/mol. The predicted molar refractivity (Wildman–Crippen MR) is 90.8 cm³/mol. The van der Waals surface area contributed by atoms with E-state index in [1.165, 1.54) is 5.56 Å². The van der Waals surface area contributed by atoms with Gasteiger partial charge in [-0.3, -0.25) is 4.18 Å². The summed E-state index contributed by atoms with van der Waals surface area (Å²) >= 11 is 0. The van der Waals surface area contributed by atoms with Crippen molar-refractivity contribution >= 4 is 21.0 Å². The summed E-state index contributed by atoms with van der Waals surface area (Å²) in [4.78, 5) is 0.178. The van der Waals surface area contributed by atoms with Gasteiger partial charge in [0.05, 0.1) is 4.90 Å². The maximum absolute atomic E-state index is 12.3. The number of hydrogen-bond acceptors (Lipinski definition) is 3. The Labute approximate surface area is 136 Å². The minimum atomic E-state index is -3.75. The van der Waals surface area contributed by atoms with Crippen LogP contribution in [0.25, 0.3) is 10.9 Å². The van der Waals surface area contributed by atoms with Crippen LogP contribution in [0.15, 0.2) is 53.4 Å². The molecule has 0 radical (unpaired) electrons. The van der Waals surface area contributed by atoms with E-state index in [1.54, 1.807) is 24.3 Å². The SMILES string of the molecule is Cc1ccc(S(=O)(=O)OCc2cc3cc(C)ccc3n2C)cc1. The van der Waals surface area contributed by atoms with Gasteiger partial charge in [-0.2, -0.15) is 8.42 Å². The number of aryl methyl sites for hydroxylation is 3. The Balaban J connectivity index is 1.85. The molecule has 0 N–H and O–H groups in total. The maximum atomic E-state index is 12.3. The third-order valence-corrected chi connectivity index (χ3v) is 5.25. The molecule has 23 heavy (non-hydrogen) atoms. The van der Waals surface area contributed by atoms with Gasteiger partial charge in [0.25, 0.3) is 10.1 Å². The van der Waals surface area contributed by atoms with Gasteiger partial charge < -0.3 is 4.57 Å². The van der Waals surface area contributed by atoms with E-state index in [0.717, 1.165) is 22.2 Å². The number of fused-ring (bicyclic) bond motifs is 1. The highest BCUT2D eigenvalue weighted by Crippen LogP contribution is 2.22. The van der Waals surface area contributed by atoms with Crippen molar-refractivity contribution in [1.82, 2.24) is 4.57 Å². The van der Waals surface area contributed by atoms with E-state index in [-0.39, 0.29) is 11.5 Å². The Hall–Kier alpha value is -2.11. The molecule has 0 aliphatic rings. The van der Waals surface area contributed by atoms with E-state index in [4.69, 9.17) is 4.18 Å². The first-order valence-corrected chi connectivity index (χ1v) is 8.79. The van der Waals surface area contributed by atoms with Gasteiger partial charge in [0.15, 0.2) is 0 Å². The molecule has 0 fully saturated rings. The van der Waals surface area contributed by atoms with Crippen molar-refractivity contribution in [2.45, 2.75) is 25.3 Å². The highest BCUT2D eigenvalue weighted by atomic mass is 32.2. The van der Waals surface area contributed by atoms with Gasteiger partial charge in [-0.25, -0.2) is 0 Å². The van der Waals surface area contributed by atoms with Crippen molar-refractivity contribution in [3.05, 3.63) is 65.4 Å². The van der Waals surface area contributed by atoms with Crippen LogP contribution < -0.4 is 0 Å². The van der Waals surface area contributed by atoms with Crippen molar-refractivity contribution in [2.75, 3.05) is 0 Å². The lowest BCUT2D eigenvalue weighted by atomic mass is 10.2. The van der Waals surface area contributed by atoms with Crippen LogP contribution in [0.2, 0.25) is 0 Å². The lowest BCUT2D eigenvalue weighted by molar-refractivity contribution is 0.300. The summed E-state index contributed by atoms with van der Waals surface area (Å²) < 4.78 is 31.7. The van der Waals surface area contributed by atoms with E-state index in [1.807, 2.05) is 43.7 Å². The number of benzene rings is 2. The average Bonchev–Trinajstić information content (AvgIpc) is 2.81. The third kappa shape index (κ3) is 3.16. The quantitative estimate of drug-likeness (QED) is 0.686. The van der Waals surface area contributed by atoms with Gasteiger partial charge in [-0.1, -0.05) is 29.3 Å². The second-order valence-corrected chi connectivity index (χ2v) is 7.40. The fourth-order valence-electron chi connectivity index (χ4n) is 2.58. The van der Waals surface area contributed by atoms with Gasteiger partial charge in [-0.05, 0) is 44.2 Å². The first-order valence-electron chi connectivity index (χ1n) is 7.38. The molecule has 3 aromatic rings. The highest BCUT2D eigenvalue weighted by Gasteiger charge is 2.16. The van der Waals surface area contributed by atoms with Crippen LogP contribution in [0.3, 0.4) is 0 Å². The molecule has 2 aromatic carbocycles. The molecule has 0 atom stereocenters. The van der Waals surface area contributed by atoms with Crippen molar-refractivity contribution in [3.8, 4) is 0 Å². The standard InChI is InChI=1S/C18H19NO3S/c1-13-4-7-17(8-5-13)23(20,21)22-12-16-11-15-10-14(2)6-9-18(15)19(16)3/h4-11H,12H2,1-3H3. The first-order chi connectivity index (χ1) is 10.9. The predicted octanol–water partition coefficient (Wildman–Crippen LogP) is 3.70. The summed E-state index contributed by atoms with van der Waals surface area (Å²) in [5, 5.41) is 1.08. The summed E-state index contributed by atoms with van der Waals surface area (Å²) in [5.74, 6) is 0. The molecule has 0 saturated carbocycles. The van der Waals surface area contributed by atoms with Gasteiger partial charge in [0, 0.05) is 23.6 Å². The van der Waals surface area contributed by atoms with Crippen molar-refractivity contribution in [2.24, 2.45) is 7.05 Å². The topological polar surface area (TPSA) is 48.3 Å². The van der Waals surface area contributed by atoms with Gasteiger partial charge in [-0.15, -0.1) is 0 Å². The van der Waals surface area contributed by atoms with Crippen LogP contribution in [0.4, 0.5) is 0 Å². The zero-order valence-corrected chi connectivity index (χ0v) is 14.2. The molecule has 5 heteroatoms. The van der Waals surface area contributed by atoms with E-state index in [2.05, 4.69) is 6.07 Å². The average molecular weight is 329 g/mol. The first kappa shape index (κ1) is 15.8. The van der Waals surface area contributed by atoms with Gasteiger partial charge >= 0.3 is 0 Å².